The van der Waals surface area contributed by atoms with Gasteiger partial charge in [0.05, 0.1) is 23.0 Å². The van der Waals surface area contributed by atoms with Crippen LogP contribution in [0.3, 0.4) is 0 Å². The topological polar surface area (TPSA) is 65.2 Å². The van der Waals surface area contributed by atoms with E-state index in [1.807, 2.05) is 31.2 Å². The Morgan fingerprint density at radius 1 is 1.25 bits per heavy atom. The number of carbonyl (C=O) groups excluding carboxylic acids is 1. The summed E-state index contributed by atoms with van der Waals surface area (Å²) in [6.07, 6.45) is 1.91. The van der Waals surface area contributed by atoms with Crippen LogP contribution in [0.15, 0.2) is 30.3 Å². The maximum atomic E-state index is 12.4. The molecule has 0 spiro atoms. The molecule has 0 aliphatic carbocycles. The number of anilines is 1. The van der Waals surface area contributed by atoms with Crippen molar-refractivity contribution < 1.29 is 9.53 Å². The summed E-state index contributed by atoms with van der Waals surface area (Å²) < 4.78 is 5.38. The molecule has 0 atom stereocenters. The van der Waals surface area contributed by atoms with Crippen molar-refractivity contribution >= 4 is 23.3 Å². The van der Waals surface area contributed by atoms with Gasteiger partial charge in [0.1, 0.15) is 0 Å². The van der Waals surface area contributed by atoms with Crippen molar-refractivity contribution in [3.63, 3.8) is 0 Å². The molecule has 0 aliphatic rings. The second-order valence-electron chi connectivity index (χ2n) is 5.91. The van der Waals surface area contributed by atoms with Crippen LogP contribution in [0.5, 0.6) is 0 Å². The number of nitrogens with two attached hydrogens (primary N) is 1. The fourth-order valence-corrected chi connectivity index (χ4v) is 2.52. The van der Waals surface area contributed by atoms with Crippen LogP contribution in [-0.4, -0.2) is 17.6 Å². The number of pyridine rings is 1. The summed E-state index contributed by atoms with van der Waals surface area (Å²) in [4.78, 5) is 16.7. The van der Waals surface area contributed by atoms with Crippen LogP contribution >= 0.6 is 11.6 Å². The van der Waals surface area contributed by atoms with Gasteiger partial charge in [-0.1, -0.05) is 68.1 Å². The zero-order valence-electron chi connectivity index (χ0n) is 14.3. The van der Waals surface area contributed by atoms with Crippen molar-refractivity contribution in [1.29, 1.82) is 0 Å². The van der Waals surface area contributed by atoms with Gasteiger partial charge in [-0.15, -0.1) is 0 Å². The maximum absolute atomic E-state index is 12.4. The van der Waals surface area contributed by atoms with Crippen LogP contribution in [0, 0.1) is 12.8 Å². The van der Waals surface area contributed by atoms with Gasteiger partial charge in [-0.3, -0.25) is 0 Å². The molecule has 0 radical (unpaired) electrons. The molecule has 5 heteroatoms. The van der Waals surface area contributed by atoms with Crippen molar-refractivity contribution in [3.8, 4) is 11.3 Å². The number of hydrogen-bond acceptors (Lipinski definition) is 4. The summed E-state index contributed by atoms with van der Waals surface area (Å²) in [5.74, 6) is -0.196. The Balaban J connectivity index is 2.29. The van der Waals surface area contributed by atoms with Gasteiger partial charge < -0.3 is 10.5 Å². The first kappa shape index (κ1) is 18.3. The lowest BCUT2D eigenvalue weighted by Gasteiger charge is -2.14. The predicted molar refractivity (Wildman–Crippen MR) is 98.2 cm³/mol. The van der Waals surface area contributed by atoms with Crippen molar-refractivity contribution in [1.82, 2.24) is 4.98 Å². The molecule has 0 aliphatic heterocycles. The number of benzene rings is 1. The highest BCUT2D eigenvalue weighted by molar-refractivity contribution is 6.35. The SMILES string of the molecule is CCC(CC)COC(=O)c1nc(-c2ccc(C)cc2)cc(N)c1Cl. The fraction of sp³-hybridized carbons (Fsp3) is 0.368. The van der Waals surface area contributed by atoms with Crippen molar-refractivity contribution in [3.05, 3.63) is 46.6 Å². The first-order valence-corrected chi connectivity index (χ1v) is 8.54. The van der Waals surface area contributed by atoms with E-state index in [1.165, 1.54) is 0 Å². The lowest BCUT2D eigenvalue weighted by Crippen LogP contribution is -2.15. The minimum absolute atomic E-state index is 0.0678. The highest BCUT2D eigenvalue weighted by atomic mass is 35.5. The Morgan fingerprint density at radius 3 is 2.46 bits per heavy atom. The van der Waals surface area contributed by atoms with E-state index in [2.05, 4.69) is 18.8 Å². The Morgan fingerprint density at radius 2 is 1.88 bits per heavy atom. The molecule has 0 saturated heterocycles. The van der Waals surface area contributed by atoms with Gasteiger partial charge >= 0.3 is 5.97 Å². The Labute approximate surface area is 148 Å². The van der Waals surface area contributed by atoms with Gasteiger partial charge in [-0.05, 0) is 18.9 Å². The minimum atomic E-state index is -0.535. The molecule has 0 fully saturated rings. The molecule has 128 valence electrons. The van der Waals surface area contributed by atoms with Gasteiger partial charge in [0.15, 0.2) is 5.69 Å². The van der Waals surface area contributed by atoms with Gasteiger partial charge in [-0.2, -0.15) is 0 Å². The van der Waals surface area contributed by atoms with E-state index < -0.39 is 5.97 Å². The molecule has 2 N–H and O–H groups in total. The predicted octanol–water partition coefficient (Wildman–Crippen LogP) is 4.89. The number of nitrogen functional groups attached to an aromatic ring is 1. The third-order valence-electron chi connectivity index (χ3n) is 4.13. The summed E-state index contributed by atoms with van der Waals surface area (Å²) in [6, 6.07) is 9.50. The lowest BCUT2D eigenvalue weighted by atomic mass is 10.1. The molecule has 0 saturated carbocycles. The Hall–Kier alpha value is -2.07. The van der Waals surface area contributed by atoms with E-state index in [1.54, 1.807) is 6.07 Å². The largest absolute Gasteiger partial charge is 0.461 e. The van der Waals surface area contributed by atoms with E-state index in [4.69, 9.17) is 22.1 Å². The molecule has 1 aromatic carbocycles. The number of halogens is 1. The van der Waals surface area contributed by atoms with Crippen molar-refractivity contribution in [2.45, 2.75) is 33.6 Å². The molecule has 2 aromatic rings. The molecule has 24 heavy (non-hydrogen) atoms. The van der Waals surface area contributed by atoms with Crippen LogP contribution in [0.4, 0.5) is 5.69 Å². The molecule has 1 heterocycles. The minimum Gasteiger partial charge on any atom is -0.461 e. The lowest BCUT2D eigenvalue weighted by molar-refractivity contribution is 0.0427. The van der Waals surface area contributed by atoms with Crippen LogP contribution in [0.1, 0.15) is 42.7 Å². The second kappa shape index (κ2) is 8.15. The number of ether oxygens (including phenoxy) is 1. The number of rotatable bonds is 6. The summed E-state index contributed by atoms with van der Waals surface area (Å²) in [7, 11) is 0. The van der Waals surface area contributed by atoms with Crippen LogP contribution < -0.4 is 5.73 Å². The van der Waals surface area contributed by atoms with E-state index >= 15 is 0 Å². The first-order chi connectivity index (χ1) is 11.5. The van der Waals surface area contributed by atoms with E-state index in [-0.39, 0.29) is 10.7 Å². The Kier molecular flexibility index (Phi) is 6.21. The number of hydrogen-bond donors (Lipinski definition) is 1. The number of carbonyl (C=O) groups is 1. The third kappa shape index (κ3) is 4.26. The summed E-state index contributed by atoms with van der Waals surface area (Å²) >= 11 is 6.17. The van der Waals surface area contributed by atoms with Crippen molar-refractivity contribution in [2.24, 2.45) is 5.92 Å². The molecule has 2 rings (SSSR count). The molecular weight excluding hydrogens is 324 g/mol. The van der Waals surface area contributed by atoms with Crippen LogP contribution in [0.2, 0.25) is 5.02 Å². The van der Waals surface area contributed by atoms with Crippen LogP contribution in [0.25, 0.3) is 11.3 Å². The second-order valence-corrected chi connectivity index (χ2v) is 6.28. The monoisotopic (exact) mass is 346 g/mol. The van der Waals surface area contributed by atoms with Gasteiger partial charge in [-0.25, -0.2) is 9.78 Å². The Bertz CT molecular complexity index is 710. The average molecular weight is 347 g/mol. The van der Waals surface area contributed by atoms with E-state index in [9.17, 15) is 4.79 Å². The average Bonchev–Trinajstić information content (AvgIpc) is 2.58. The molecule has 0 bridgehead atoms. The summed E-state index contributed by atoms with van der Waals surface area (Å²) in [5.41, 5.74) is 8.96. The van der Waals surface area contributed by atoms with Gasteiger partial charge in [0.2, 0.25) is 0 Å². The fourth-order valence-electron chi connectivity index (χ4n) is 2.34. The highest BCUT2D eigenvalue weighted by Crippen LogP contribution is 2.28. The zero-order valence-corrected chi connectivity index (χ0v) is 15.1. The van der Waals surface area contributed by atoms with Crippen LogP contribution in [-0.2, 0) is 4.74 Å². The smallest absolute Gasteiger partial charge is 0.358 e. The third-order valence-corrected chi connectivity index (χ3v) is 4.53. The molecule has 4 nitrogen and oxygen atoms in total. The van der Waals surface area contributed by atoms with E-state index in [0.717, 1.165) is 24.0 Å². The molecular formula is C19H23ClN2O2. The summed E-state index contributed by atoms with van der Waals surface area (Å²) in [6.45, 7) is 6.51. The zero-order chi connectivity index (χ0) is 17.7. The molecule has 0 unspecified atom stereocenters. The summed E-state index contributed by atoms with van der Waals surface area (Å²) in [5, 5.41) is 0.139. The van der Waals surface area contributed by atoms with Gasteiger partial charge in [0, 0.05) is 5.56 Å². The quantitative estimate of drug-likeness (QED) is 0.756. The number of nitrogens with zero attached hydrogens (tertiary/aromatic N) is 1. The number of esters is 1. The maximum Gasteiger partial charge on any atom is 0.358 e. The standard InChI is InChI=1S/C19H23ClN2O2/c1-4-13(5-2)11-24-19(23)18-17(20)15(21)10-16(22-18)14-8-6-12(3)7-9-14/h6-10,13H,4-5,11H2,1-3H3,(H2,21,22). The van der Waals surface area contributed by atoms with E-state index in [0.29, 0.717) is 23.9 Å². The number of aromatic nitrogens is 1. The molecule has 0 amide bonds. The van der Waals surface area contributed by atoms with Gasteiger partial charge in [0.25, 0.3) is 0 Å². The molecule has 1 aromatic heterocycles. The first-order valence-electron chi connectivity index (χ1n) is 8.16. The van der Waals surface area contributed by atoms with Crippen molar-refractivity contribution in [2.75, 3.05) is 12.3 Å². The number of aryl methyl sites for hydroxylation is 1. The highest BCUT2D eigenvalue weighted by Gasteiger charge is 2.19. The normalized spacial score (nSPS) is 10.9.